The monoisotopic (exact) mass is 476 g/mol. The van der Waals surface area contributed by atoms with E-state index in [2.05, 4.69) is 41.9 Å². The zero-order valence-electron chi connectivity index (χ0n) is 21.4. The van der Waals surface area contributed by atoms with E-state index in [4.69, 9.17) is 0 Å². The van der Waals surface area contributed by atoms with Gasteiger partial charge in [-0.1, -0.05) is 52.7 Å². The number of hydrogen-bond donors (Lipinski definition) is 3. The summed E-state index contributed by atoms with van der Waals surface area (Å²) >= 11 is 0. The highest BCUT2D eigenvalue weighted by Gasteiger charge is 2.37. The molecular weight excluding hydrogens is 432 g/mol. The maximum absolute atomic E-state index is 12.7. The molecule has 8 nitrogen and oxygen atoms in total. The summed E-state index contributed by atoms with van der Waals surface area (Å²) in [6.07, 6.45) is 12.1. The third-order valence-corrected chi connectivity index (χ3v) is 6.55. The van der Waals surface area contributed by atoms with Gasteiger partial charge >= 0.3 is 6.03 Å². The Hall–Kier alpha value is -2.38. The highest BCUT2D eigenvalue weighted by Crippen LogP contribution is 2.32. The second-order valence-electron chi connectivity index (χ2n) is 10.1. The van der Waals surface area contributed by atoms with Crippen molar-refractivity contribution in [1.82, 2.24) is 20.9 Å². The Balaban J connectivity index is 1.75. The number of ketones is 1. The lowest BCUT2D eigenvalue weighted by Gasteiger charge is -2.25. The second kappa shape index (κ2) is 14.1. The van der Waals surface area contributed by atoms with E-state index in [1.165, 1.54) is 19.3 Å². The van der Waals surface area contributed by atoms with Crippen molar-refractivity contribution in [2.24, 2.45) is 17.8 Å². The highest BCUT2D eigenvalue weighted by molar-refractivity contribution is 5.93. The standard InChI is InChI=1S/C26H44N4O4/c1-5-6-7-8-9-11-19(4)16-27-25(33)21-12-10-15-30(21)22(31)17-28-26(34)29-23(18(2)3)24(32)20-13-14-20/h9,11,18-21,23H,5-8,10,12-17H2,1-4H3,(H,27,33)(H2,28,29,34)/b11-9-/t19?,21-,23?/m0/s1. The van der Waals surface area contributed by atoms with E-state index in [0.29, 0.717) is 19.5 Å². The molecule has 0 aromatic carbocycles. The van der Waals surface area contributed by atoms with Crippen LogP contribution in [0.5, 0.6) is 0 Å². The number of rotatable bonds is 14. The van der Waals surface area contributed by atoms with Crippen LogP contribution < -0.4 is 16.0 Å². The Morgan fingerprint density at radius 2 is 1.76 bits per heavy atom. The van der Waals surface area contributed by atoms with Crippen molar-refractivity contribution in [2.75, 3.05) is 19.6 Å². The fraction of sp³-hybridized carbons (Fsp3) is 0.769. The molecule has 2 unspecified atom stereocenters. The quantitative estimate of drug-likeness (QED) is 0.264. The molecule has 2 aliphatic rings. The number of nitrogens with zero attached hydrogens (tertiary/aromatic N) is 1. The van der Waals surface area contributed by atoms with Gasteiger partial charge < -0.3 is 20.9 Å². The summed E-state index contributed by atoms with van der Waals surface area (Å²) in [6.45, 7) is 8.88. The molecule has 3 atom stereocenters. The normalized spacial score (nSPS) is 19.8. The summed E-state index contributed by atoms with van der Waals surface area (Å²) in [5, 5.41) is 8.27. The first kappa shape index (κ1) is 27.9. The Morgan fingerprint density at radius 3 is 2.41 bits per heavy atom. The number of nitrogens with one attached hydrogen (secondary N) is 3. The summed E-state index contributed by atoms with van der Waals surface area (Å²) in [5.74, 6) is -0.0958. The van der Waals surface area contributed by atoms with Gasteiger partial charge in [0.1, 0.15) is 6.04 Å². The van der Waals surface area contributed by atoms with E-state index in [1.54, 1.807) is 4.90 Å². The van der Waals surface area contributed by atoms with E-state index in [1.807, 2.05) is 13.8 Å². The average Bonchev–Trinajstić information content (AvgIpc) is 3.54. The molecule has 34 heavy (non-hydrogen) atoms. The third kappa shape index (κ3) is 9.11. The van der Waals surface area contributed by atoms with Gasteiger partial charge in [0.05, 0.1) is 12.6 Å². The molecule has 2 rings (SSSR count). The molecule has 1 aliphatic heterocycles. The van der Waals surface area contributed by atoms with Crippen molar-refractivity contribution in [1.29, 1.82) is 0 Å². The summed E-state index contributed by atoms with van der Waals surface area (Å²) in [4.78, 5) is 51.7. The smallest absolute Gasteiger partial charge is 0.315 e. The van der Waals surface area contributed by atoms with Crippen LogP contribution in [-0.4, -0.2) is 60.2 Å². The summed E-state index contributed by atoms with van der Waals surface area (Å²) in [6, 6.07) is -1.57. The van der Waals surface area contributed by atoms with Gasteiger partial charge in [-0.3, -0.25) is 14.4 Å². The molecule has 0 spiro atoms. The van der Waals surface area contributed by atoms with Crippen LogP contribution in [0, 0.1) is 17.8 Å². The van der Waals surface area contributed by atoms with Crippen molar-refractivity contribution in [3.8, 4) is 0 Å². The Kier molecular flexibility index (Phi) is 11.6. The minimum atomic E-state index is -0.546. The van der Waals surface area contributed by atoms with Crippen LogP contribution >= 0.6 is 0 Å². The van der Waals surface area contributed by atoms with Crippen LogP contribution in [0.4, 0.5) is 4.79 Å². The van der Waals surface area contributed by atoms with Crippen molar-refractivity contribution in [3.63, 3.8) is 0 Å². The molecule has 0 bridgehead atoms. The van der Waals surface area contributed by atoms with Crippen molar-refractivity contribution in [2.45, 2.75) is 91.1 Å². The average molecular weight is 477 g/mol. The number of likely N-dealkylation sites (tertiary alicyclic amines) is 1. The highest BCUT2D eigenvalue weighted by atomic mass is 16.2. The van der Waals surface area contributed by atoms with Crippen molar-refractivity contribution >= 4 is 23.6 Å². The van der Waals surface area contributed by atoms with E-state index < -0.39 is 18.1 Å². The van der Waals surface area contributed by atoms with Gasteiger partial charge in [0.15, 0.2) is 5.78 Å². The molecule has 0 radical (unpaired) electrons. The maximum atomic E-state index is 12.7. The van der Waals surface area contributed by atoms with Crippen LogP contribution in [0.2, 0.25) is 0 Å². The van der Waals surface area contributed by atoms with E-state index in [-0.39, 0.29) is 41.9 Å². The van der Waals surface area contributed by atoms with Crippen LogP contribution in [0.3, 0.4) is 0 Å². The van der Waals surface area contributed by atoms with Crippen LogP contribution in [0.25, 0.3) is 0 Å². The van der Waals surface area contributed by atoms with E-state index in [0.717, 1.165) is 25.7 Å². The van der Waals surface area contributed by atoms with Gasteiger partial charge in [0, 0.05) is 19.0 Å². The first-order valence-corrected chi connectivity index (χ1v) is 13.1. The van der Waals surface area contributed by atoms with Gasteiger partial charge in [0.2, 0.25) is 11.8 Å². The topological polar surface area (TPSA) is 108 Å². The largest absolute Gasteiger partial charge is 0.354 e. The molecule has 3 N–H and O–H groups in total. The first-order valence-electron chi connectivity index (χ1n) is 13.1. The predicted octanol–water partition coefficient (Wildman–Crippen LogP) is 3.17. The Morgan fingerprint density at radius 1 is 1.03 bits per heavy atom. The molecule has 0 aromatic heterocycles. The van der Waals surface area contributed by atoms with E-state index in [9.17, 15) is 19.2 Å². The zero-order valence-corrected chi connectivity index (χ0v) is 21.4. The van der Waals surface area contributed by atoms with Gasteiger partial charge in [-0.2, -0.15) is 0 Å². The lowest BCUT2D eigenvalue weighted by molar-refractivity contribution is -0.137. The number of allylic oxidation sites excluding steroid dienone is 1. The number of urea groups is 1. The lowest BCUT2D eigenvalue weighted by Crippen LogP contribution is -2.53. The van der Waals surface area contributed by atoms with Crippen LogP contribution in [0.1, 0.15) is 79.1 Å². The van der Waals surface area contributed by atoms with Gasteiger partial charge in [-0.15, -0.1) is 0 Å². The van der Waals surface area contributed by atoms with Crippen molar-refractivity contribution in [3.05, 3.63) is 12.2 Å². The molecular formula is C26H44N4O4. The molecule has 0 aromatic rings. The molecule has 8 heteroatoms. The van der Waals surface area contributed by atoms with Crippen LogP contribution in [0.15, 0.2) is 12.2 Å². The van der Waals surface area contributed by atoms with Gasteiger partial charge in [0.25, 0.3) is 0 Å². The Labute approximate surface area is 204 Å². The zero-order chi connectivity index (χ0) is 25.1. The molecule has 1 saturated carbocycles. The molecule has 1 heterocycles. The number of hydrogen-bond acceptors (Lipinski definition) is 4. The number of carbonyl (C=O) groups excluding carboxylic acids is 4. The predicted molar refractivity (Wildman–Crippen MR) is 133 cm³/mol. The molecule has 4 amide bonds. The number of amides is 4. The SMILES string of the molecule is CCCCC/C=C\C(C)CNC(=O)[C@@H]1CCCN1C(=O)CNC(=O)NC(C(=O)C1CC1)C(C)C. The van der Waals surface area contributed by atoms with Gasteiger partial charge in [-0.25, -0.2) is 4.79 Å². The van der Waals surface area contributed by atoms with E-state index >= 15 is 0 Å². The molecule has 192 valence electrons. The van der Waals surface area contributed by atoms with Gasteiger partial charge in [-0.05, 0) is 50.4 Å². The number of carbonyl (C=O) groups is 4. The number of unbranched alkanes of at least 4 members (excludes halogenated alkanes) is 3. The number of Topliss-reactive ketones (excluding diaryl/α,β-unsaturated/α-hetero) is 1. The second-order valence-corrected chi connectivity index (χ2v) is 10.1. The summed E-state index contributed by atoms with van der Waals surface area (Å²) < 4.78 is 0. The fourth-order valence-electron chi connectivity index (χ4n) is 4.26. The maximum Gasteiger partial charge on any atom is 0.315 e. The lowest BCUT2D eigenvalue weighted by atomic mass is 9.97. The minimum Gasteiger partial charge on any atom is -0.354 e. The molecule has 2 fully saturated rings. The third-order valence-electron chi connectivity index (χ3n) is 6.55. The summed E-state index contributed by atoms with van der Waals surface area (Å²) in [5.41, 5.74) is 0. The first-order chi connectivity index (χ1) is 16.2. The van der Waals surface area contributed by atoms with Crippen molar-refractivity contribution < 1.29 is 19.2 Å². The van der Waals surface area contributed by atoms with Crippen LogP contribution in [-0.2, 0) is 14.4 Å². The Bertz CT molecular complexity index is 732. The molecule has 1 aliphatic carbocycles. The molecule has 1 saturated heterocycles. The fourth-order valence-corrected chi connectivity index (χ4v) is 4.26. The minimum absolute atomic E-state index is 0.0187. The summed E-state index contributed by atoms with van der Waals surface area (Å²) in [7, 11) is 0.